The van der Waals surface area contributed by atoms with Gasteiger partial charge in [-0.25, -0.2) is 12.8 Å². The number of sulfone groups is 1. The molecule has 0 spiro atoms. The van der Waals surface area contributed by atoms with Gasteiger partial charge in [-0.3, -0.25) is 14.4 Å². The molecule has 5 rings (SSSR count). The van der Waals surface area contributed by atoms with Crippen LogP contribution in [0.15, 0.2) is 89.1 Å². The zero-order valence-corrected chi connectivity index (χ0v) is 22.3. The molecule has 11 heteroatoms. The van der Waals surface area contributed by atoms with Crippen molar-refractivity contribution < 1.29 is 27.2 Å². The van der Waals surface area contributed by atoms with Gasteiger partial charge in [-0.1, -0.05) is 42.5 Å². The van der Waals surface area contributed by atoms with Crippen LogP contribution in [0.3, 0.4) is 0 Å². The van der Waals surface area contributed by atoms with Gasteiger partial charge in [0.25, 0.3) is 17.7 Å². The van der Waals surface area contributed by atoms with Gasteiger partial charge in [-0.05, 0) is 52.6 Å². The van der Waals surface area contributed by atoms with Crippen molar-refractivity contribution in [2.75, 3.05) is 26.2 Å². The summed E-state index contributed by atoms with van der Waals surface area (Å²) in [5.74, 6) is -2.34. The number of nitrogens with one attached hydrogen (secondary N) is 1. The maximum atomic E-state index is 13.6. The second-order valence-electron chi connectivity index (χ2n) is 8.97. The molecular weight excluding hydrogens is 541 g/mol. The largest absolute Gasteiger partial charge is 0.336 e. The number of carbonyl (C=O) groups excluding carboxylic acids is 3. The van der Waals surface area contributed by atoms with E-state index in [-0.39, 0.29) is 41.9 Å². The molecule has 3 amide bonds. The van der Waals surface area contributed by atoms with Crippen molar-refractivity contribution in [2.45, 2.75) is 10.3 Å². The number of hydrogen-bond acceptors (Lipinski definition) is 6. The zero-order valence-electron chi connectivity index (χ0n) is 20.6. The van der Waals surface area contributed by atoms with Gasteiger partial charge in [0.1, 0.15) is 5.82 Å². The van der Waals surface area contributed by atoms with Gasteiger partial charge in [-0.15, -0.1) is 11.3 Å². The molecule has 0 bridgehead atoms. The average Bonchev–Trinajstić information content (AvgIpc) is 3.50. The third kappa shape index (κ3) is 5.41. The minimum atomic E-state index is -4.42. The predicted molar refractivity (Wildman–Crippen MR) is 146 cm³/mol. The number of fused-ring (bicyclic) bond motifs is 1. The fourth-order valence-corrected chi connectivity index (χ4v) is 6.60. The summed E-state index contributed by atoms with van der Waals surface area (Å²) in [4.78, 5) is 42.6. The molecule has 3 aromatic carbocycles. The van der Waals surface area contributed by atoms with Gasteiger partial charge < -0.3 is 15.1 Å². The smallest absolute Gasteiger partial charge is 0.262 e. The highest BCUT2D eigenvalue weighted by Gasteiger charge is 2.40. The summed E-state index contributed by atoms with van der Waals surface area (Å²) in [6.45, 7) is 0.547. The van der Waals surface area contributed by atoms with E-state index in [0.717, 1.165) is 46.4 Å². The predicted octanol–water partition coefficient (Wildman–Crippen LogP) is 3.55. The van der Waals surface area contributed by atoms with E-state index in [1.165, 1.54) is 11.0 Å². The monoisotopic (exact) mass is 565 g/mol. The first-order chi connectivity index (χ1) is 18.8. The molecule has 1 aliphatic heterocycles. The first-order valence-corrected chi connectivity index (χ1v) is 14.6. The fourth-order valence-electron chi connectivity index (χ4n) is 4.51. The molecule has 0 radical (unpaired) electrons. The molecule has 0 saturated carbocycles. The number of amides is 3. The van der Waals surface area contributed by atoms with Crippen molar-refractivity contribution in [1.29, 1.82) is 0 Å². The number of hydrogen-bond donors (Lipinski definition) is 1. The number of nitrogens with zero attached hydrogens (tertiary/aromatic N) is 2. The molecule has 200 valence electrons. The highest BCUT2D eigenvalue weighted by molar-refractivity contribution is 7.92. The Kier molecular flexibility index (Phi) is 7.45. The molecule has 1 atom stereocenters. The van der Waals surface area contributed by atoms with E-state index in [0.29, 0.717) is 5.56 Å². The topological polar surface area (TPSA) is 104 Å². The summed E-state index contributed by atoms with van der Waals surface area (Å²) in [7, 11) is -4.42. The quantitative estimate of drug-likeness (QED) is 0.360. The third-order valence-corrected chi connectivity index (χ3v) is 9.32. The van der Waals surface area contributed by atoms with Crippen LogP contribution < -0.4 is 5.32 Å². The number of benzene rings is 3. The van der Waals surface area contributed by atoms with E-state index in [1.54, 1.807) is 22.4 Å². The van der Waals surface area contributed by atoms with E-state index in [1.807, 2.05) is 36.4 Å². The lowest BCUT2D eigenvalue weighted by atomic mass is 10.0. The van der Waals surface area contributed by atoms with Crippen LogP contribution in [0.1, 0.15) is 20.0 Å². The van der Waals surface area contributed by atoms with Crippen LogP contribution in [0.4, 0.5) is 4.39 Å². The normalized spacial score (nSPS) is 14.7. The summed E-state index contributed by atoms with van der Waals surface area (Å²) in [6, 6.07) is 20.3. The van der Waals surface area contributed by atoms with Gasteiger partial charge in [0.2, 0.25) is 15.2 Å². The first-order valence-electron chi connectivity index (χ1n) is 12.2. The molecule has 8 nitrogen and oxygen atoms in total. The van der Waals surface area contributed by atoms with Crippen LogP contribution in [0.2, 0.25) is 0 Å². The Morgan fingerprint density at radius 2 is 1.49 bits per heavy atom. The minimum Gasteiger partial charge on any atom is -0.336 e. The van der Waals surface area contributed by atoms with Crippen LogP contribution in [-0.4, -0.2) is 67.5 Å². The van der Waals surface area contributed by atoms with Crippen molar-refractivity contribution in [3.63, 3.8) is 0 Å². The van der Waals surface area contributed by atoms with Crippen LogP contribution in [0.25, 0.3) is 10.8 Å². The second kappa shape index (κ2) is 11.0. The summed E-state index contributed by atoms with van der Waals surface area (Å²) in [5, 5.41) is 3.87. The number of carbonyl (C=O) groups is 3. The molecule has 0 aliphatic carbocycles. The van der Waals surface area contributed by atoms with Gasteiger partial charge >= 0.3 is 0 Å². The highest BCUT2D eigenvalue weighted by atomic mass is 32.2. The van der Waals surface area contributed by atoms with Crippen molar-refractivity contribution in [1.82, 2.24) is 15.1 Å². The molecule has 1 saturated heterocycles. The molecule has 4 aromatic rings. The first kappa shape index (κ1) is 26.5. The molecule has 1 aliphatic rings. The molecule has 39 heavy (non-hydrogen) atoms. The lowest BCUT2D eigenvalue weighted by Crippen LogP contribution is -2.57. The van der Waals surface area contributed by atoms with Gasteiger partial charge in [0.15, 0.2) is 0 Å². The van der Waals surface area contributed by atoms with E-state index in [9.17, 15) is 27.2 Å². The SMILES string of the molecule is O=C(NC(C(=O)N1CCN(C(=O)c2cccc3ccccc23)CC1)S(=O)(=O)c1ccc(F)cc1)c1cccs1. The molecule has 1 aromatic heterocycles. The Labute approximate surface area is 228 Å². The lowest BCUT2D eigenvalue weighted by Gasteiger charge is -2.36. The van der Waals surface area contributed by atoms with Crippen LogP contribution in [-0.2, 0) is 14.6 Å². The zero-order chi connectivity index (χ0) is 27.6. The molecule has 2 heterocycles. The lowest BCUT2D eigenvalue weighted by molar-refractivity contribution is -0.132. The van der Waals surface area contributed by atoms with Crippen LogP contribution in [0.5, 0.6) is 0 Å². The van der Waals surface area contributed by atoms with E-state index in [2.05, 4.69) is 5.32 Å². The Balaban J connectivity index is 1.35. The van der Waals surface area contributed by atoms with E-state index < -0.39 is 32.8 Å². The Morgan fingerprint density at radius 1 is 0.821 bits per heavy atom. The Bertz CT molecular complexity index is 1630. The van der Waals surface area contributed by atoms with Crippen LogP contribution in [0, 0.1) is 5.82 Å². The van der Waals surface area contributed by atoms with Crippen molar-refractivity contribution in [3.8, 4) is 0 Å². The van der Waals surface area contributed by atoms with Crippen molar-refractivity contribution in [2.24, 2.45) is 0 Å². The number of rotatable bonds is 6. The van der Waals surface area contributed by atoms with Crippen LogP contribution >= 0.6 is 11.3 Å². The summed E-state index contributed by atoms with van der Waals surface area (Å²) in [5.41, 5.74) is 0.549. The third-order valence-electron chi connectivity index (χ3n) is 6.58. The minimum absolute atomic E-state index is 0.0830. The summed E-state index contributed by atoms with van der Waals surface area (Å²) in [6.07, 6.45) is 0. The summed E-state index contributed by atoms with van der Waals surface area (Å²) < 4.78 is 40.4. The van der Waals surface area contributed by atoms with E-state index >= 15 is 0 Å². The maximum Gasteiger partial charge on any atom is 0.262 e. The number of piperazine rings is 1. The number of halogens is 1. The maximum absolute atomic E-state index is 13.6. The summed E-state index contributed by atoms with van der Waals surface area (Å²) >= 11 is 1.11. The van der Waals surface area contributed by atoms with Crippen molar-refractivity contribution in [3.05, 3.63) is 101 Å². The standard InChI is InChI=1S/C28H24FN3O5S2/c29-20-10-12-21(13-11-20)39(36,37)26(30-25(33)24-9-4-18-38-24)28(35)32-16-14-31(15-17-32)27(34)23-8-3-6-19-5-1-2-7-22(19)23/h1-13,18,26H,14-17H2,(H,30,33). The molecule has 1 unspecified atom stereocenters. The van der Waals surface area contributed by atoms with Gasteiger partial charge in [-0.2, -0.15) is 0 Å². The molecule has 1 N–H and O–H groups in total. The fraction of sp³-hybridized carbons (Fsp3) is 0.179. The van der Waals surface area contributed by atoms with Gasteiger partial charge in [0, 0.05) is 31.7 Å². The Hall–Kier alpha value is -4.09. The van der Waals surface area contributed by atoms with Gasteiger partial charge in [0.05, 0.1) is 9.77 Å². The molecule has 1 fully saturated rings. The highest BCUT2D eigenvalue weighted by Crippen LogP contribution is 2.22. The molecular formula is C28H24FN3O5S2. The van der Waals surface area contributed by atoms with E-state index in [4.69, 9.17) is 0 Å². The average molecular weight is 566 g/mol. The number of thiophene rings is 1. The van der Waals surface area contributed by atoms with Crippen molar-refractivity contribution >= 4 is 49.7 Å². The Morgan fingerprint density at radius 3 is 2.18 bits per heavy atom. The second-order valence-corrected chi connectivity index (χ2v) is 12.0.